The molecule has 1 heterocycles. The van der Waals surface area contributed by atoms with Crippen molar-refractivity contribution in [2.24, 2.45) is 0 Å². The quantitative estimate of drug-likeness (QED) is 0.0705. The Labute approximate surface area is 281 Å². The number of hydrazine groups is 1. The van der Waals surface area contributed by atoms with Crippen LogP contribution in [-0.4, -0.2) is 31.1 Å². The fourth-order valence-corrected chi connectivity index (χ4v) is 5.61. The van der Waals surface area contributed by atoms with Gasteiger partial charge < -0.3 is 18.6 Å². The number of hydrogen-bond donors (Lipinski definition) is 2. The van der Waals surface area contributed by atoms with Crippen LogP contribution in [0.25, 0.3) is 32.8 Å². The van der Waals surface area contributed by atoms with E-state index < -0.39 is 39.4 Å². The maximum Gasteiger partial charge on any atom is 0.534 e. The molecule has 256 valence electrons. The molecule has 0 fully saturated rings. The highest BCUT2D eigenvalue weighted by atomic mass is 32.2. The van der Waals surface area contributed by atoms with E-state index in [1.54, 1.807) is 78.9 Å². The molecule has 50 heavy (non-hydrogen) atoms. The third kappa shape index (κ3) is 7.17. The molecule has 0 saturated heterocycles. The Morgan fingerprint density at radius 2 is 1.36 bits per heavy atom. The molecule has 0 saturated carbocycles. The predicted molar refractivity (Wildman–Crippen MR) is 176 cm³/mol. The fourth-order valence-electron chi connectivity index (χ4n) is 5.14. The second-order valence-electron chi connectivity index (χ2n) is 10.7. The summed E-state index contributed by atoms with van der Waals surface area (Å²) in [5.41, 5.74) is -2.65. The van der Waals surface area contributed by atoms with Gasteiger partial charge in [-0.1, -0.05) is 91.0 Å². The highest BCUT2D eigenvalue weighted by Gasteiger charge is 2.49. The summed E-state index contributed by atoms with van der Waals surface area (Å²) in [6.07, 6.45) is -2.33. The molecule has 0 aliphatic carbocycles. The van der Waals surface area contributed by atoms with E-state index in [9.17, 15) is 35.6 Å². The van der Waals surface area contributed by atoms with E-state index >= 15 is 0 Å². The number of hydrogen-bond acceptors (Lipinski definition) is 7. The van der Waals surface area contributed by atoms with Gasteiger partial charge in [-0.25, -0.2) is 19.4 Å². The lowest BCUT2D eigenvalue weighted by atomic mass is 9.96. The van der Waals surface area contributed by atoms with Crippen molar-refractivity contribution in [3.8, 4) is 16.9 Å². The number of carbonyl (C=O) groups excluding carboxylic acids is 2. The summed E-state index contributed by atoms with van der Waals surface area (Å²) < 4.78 is 95.5. The third-order valence-electron chi connectivity index (χ3n) is 7.39. The van der Waals surface area contributed by atoms with Crippen LogP contribution in [0.2, 0.25) is 0 Å². The number of amides is 2. The van der Waals surface area contributed by atoms with E-state index in [0.717, 1.165) is 18.2 Å². The fraction of sp³-hybridized carbons (Fsp3) is 0.0857. The average molecular weight is 708 g/mol. The van der Waals surface area contributed by atoms with Gasteiger partial charge in [0.25, 0.3) is 0 Å². The Morgan fingerprint density at radius 1 is 0.740 bits per heavy atom. The Hall–Kier alpha value is -6.09. The molecule has 2 N–H and O–H groups in total. The number of aromatic nitrogens is 1. The number of aromatic amines is 1. The number of halogens is 4. The van der Waals surface area contributed by atoms with E-state index in [-0.39, 0.29) is 46.4 Å². The summed E-state index contributed by atoms with van der Waals surface area (Å²) in [6, 6.07) is 29.2. The van der Waals surface area contributed by atoms with Gasteiger partial charge in [-0.05, 0) is 46.2 Å². The first-order valence-electron chi connectivity index (χ1n) is 14.7. The number of rotatable bonds is 8. The smallest absolute Gasteiger partial charge is 0.443 e. The van der Waals surface area contributed by atoms with Gasteiger partial charge in [0.15, 0.2) is 5.75 Å². The SMILES string of the molecule is O=C(NN(C(=O)OCc1ccccc1)c1[nH]c2cc(F)ccc2c1-c1c(OS(=O)(=O)C(F)(F)F)ccc2ccccc12)OCc1ccccc1. The van der Waals surface area contributed by atoms with Gasteiger partial charge >= 0.3 is 27.8 Å². The van der Waals surface area contributed by atoms with Crippen molar-refractivity contribution in [1.82, 2.24) is 10.4 Å². The number of nitrogens with one attached hydrogen (secondary N) is 2. The monoisotopic (exact) mass is 707 g/mol. The molecule has 0 spiro atoms. The number of benzene rings is 5. The van der Waals surface area contributed by atoms with Crippen molar-refractivity contribution in [1.29, 1.82) is 0 Å². The number of alkyl halides is 3. The van der Waals surface area contributed by atoms with E-state index in [4.69, 9.17) is 9.47 Å². The summed E-state index contributed by atoms with van der Waals surface area (Å²) in [5.74, 6) is -1.83. The van der Waals surface area contributed by atoms with Crippen molar-refractivity contribution in [2.45, 2.75) is 18.7 Å². The molecule has 2 amide bonds. The summed E-state index contributed by atoms with van der Waals surface area (Å²) in [4.78, 5) is 29.8. The molecular weight excluding hydrogens is 682 g/mol. The van der Waals surface area contributed by atoms with Gasteiger partial charge in [0.05, 0.1) is 5.52 Å². The van der Waals surface area contributed by atoms with Crippen molar-refractivity contribution < 1.29 is 49.2 Å². The largest absolute Gasteiger partial charge is 0.534 e. The van der Waals surface area contributed by atoms with Gasteiger partial charge in [0, 0.05) is 16.5 Å². The van der Waals surface area contributed by atoms with Crippen molar-refractivity contribution in [2.75, 3.05) is 5.01 Å². The Kier molecular flexibility index (Phi) is 9.33. The number of ether oxygens (including phenoxy) is 2. The molecule has 0 unspecified atom stereocenters. The Bertz CT molecular complexity index is 2300. The molecule has 0 radical (unpaired) electrons. The lowest BCUT2D eigenvalue weighted by molar-refractivity contribution is -0.0499. The van der Waals surface area contributed by atoms with Crippen LogP contribution in [0.15, 0.2) is 115 Å². The van der Waals surface area contributed by atoms with Crippen LogP contribution < -0.4 is 14.6 Å². The lowest BCUT2D eigenvalue weighted by Crippen LogP contribution is -2.47. The third-order valence-corrected chi connectivity index (χ3v) is 8.36. The van der Waals surface area contributed by atoms with E-state index in [2.05, 4.69) is 14.6 Å². The predicted octanol–water partition coefficient (Wildman–Crippen LogP) is 8.34. The van der Waals surface area contributed by atoms with E-state index in [0.29, 0.717) is 21.5 Å². The van der Waals surface area contributed by atoms with E-state index in [1.807, 2.05) is 0 Å². The summed E-state index contributed by atoms with van der Waals surface area (Å²) in [6.45, 7) is -0.478. The summed E-state index contributed by atoms with van der Waals surface area (Å²) in [7, 11) is -6.20. The maximum absolute atomic E-state index is 14.6. The molecule has 5 aromatic carbocycles. The van der Waals surface area contributed by atoms with Gasteiger partial charge in [-0.15, -0.1) is 0 Å². The van der Waals surface area contributed by atoms with Crippen molar-refractivity contribution >= 4 is 49.8 Å². The van der Waals surface area contributed by atoms with Crippen molar-refractivity contribution in [3.63, 3.8) is 0 Å². The van der Waals surface area contributed by atoms with Crippen LogP contribution in [0.5, 0.6) is 5.75 Å². The molecule has 10 nitrogen and oxygen atoms in total. The highest BCUT2D eigenvalue weighted by Crippen LogP contribution is 2.47. The number of fused-ring (bicyclic) bond motifs is 2. The zero-order valence-electron chi connectivity index (χ0n) is 25.6. The highest BCUT2D eigenvalue weighted by molar-refractivity contribution is 7.88. The van der Waals surface area contributed by atoms with Gasteiger partial charge in [-0.3, -0.25) is 0 Å². The van der Waals surface area contributed by atoms with Crippen LogP contribution in [0.3, 0.4) is 0 Å². The number of carbonyl (C=O) groups is 2. The maximum atomic E-state index is 14.6. The normalized spacial score (nSPS) is 11.7. The molecule has 0 atom stereocenters. The zero-order valence-corrected chi connectivity index (χ0v) is 26.4. The summed E-state index contributed by atoms with van der Waals surface area (Å²) in [5, 5.41) is 1.35. The molecule has 15 heteroatoms. The lowest BCUT2D eigenvalue weighted by Gasteiger charge is -2.24. The molecule has 6 aromatic rings. The van der Waals surface area contributed by atoms with Gasteiger partial charge in [-0.2, -0.15) is 26.6 Å². The average Bonchev–Trinajstić information content (AvgIpc) is 3.46. The molecule has 1 aromatic heterocycles. The summed E-state index contributed by atoms with van der Waals surface area (Å²) >= 11 is 0. The molecular formula is C35H25F4N3O7S. The van der Waals surface area contributed by atoms with Crippen LogP contribution in [0, 0.1) is 5.82 Å². The van der Waals surface area contributed by atoms with Crippen LogP contribution >= 0.6 is 0 Å². The second kappa shape index (κ2) is 13.8. The van der Waals surface area contributed by atoms with Gasteiger partial charge in [0.1, 0.15) is 24.8 Å². The first kappa shape index (κ1) is 33.8. The van der Waals surface area contributed by atoms with Gasteiger partial charge in [0.2, 0.25) is 0 Å². The van der Waals surface area contributed by atoms with E-state index in [1.165, 1.54) is 18.2 Å². The minimum Gasteiger partial charge on any atom is -0.443 e. The van der Waals surface area contributed by atoms with Crippen LogP contribution in [0.4, 0.5) is 33.0 Å². The second-order valence-corrected chi connectivity index (χ2v) is 12.3. The van der Waals surface area contributed by atoms with Crippen LogP contribution in [-0.2, 0) is 32.8 Å². The standard InChI is InChI=1S/C35H25F4N3O7S/c36-25-16-17-27-28(19-25)40-32(31(27)30-26-14-8-7-13-24(26)15-18-29(30)49-50(45,46)35(37,38)39)42(34(44)48-21-23-11-5-2-6-12-23)41-33(43)47-20-22-9-3-1-4-10-22/h1-19,40H,20-21H2,(H,41,43). The topological polar surface area (TPSA) is 127 Å². The van der Waals surface area contributed by atoms with Crippen LogP contribution in [0.1, 0.15) is 11.1 Å². The molecule has 0 bridgehead atoms. The number of anilines is 1. The number of H-pyrrole nitrogens is 1. The molecule has 6 rings (SSSR count). The minimum absolute atomic E-state index is 0.0212. The zero-order chi connectivity index (χ0) is 35.5. The number of nitrogens with zero attached hydrogens (tertiary/aromatic N) is 1. The minimum atomic E-state index is -6.20. The molecule has 0 aliphatic heterocycles. The Balaban J connectivity index is 1.53. The first-order chi connectivity index (χ1) is 23.9. The Morgan fingerprint density at radius 3 is 2.02 bits per heavy atom. The first-order valence-corrected chi connectivity index (χ1v) is 16.1. The molecule has 0 aliphatic rings. The van der Waals surface area contributed by atoms with Crippen molar-refractivity contribution in [3.05, 3.63) is 132 Å².